The lowest BCUT2D eigenvalue weighted by molar-refractivity contribution is -0.137. The fourth-order valence-corrected chi connectivity index (χ4v) is 1.70. The average Bonchev–Trinajstić information content (AvgIpc) is 2.57. The van der Waals surface area contributed by atoms with E-state index in [9.17, 15) is 13.2 Å². The van der Waals surface area contributed by atoms with Gasteiger partial charge in [-0.2, -0.15) is 13.2 Å². The first kappa shape index (κ1) is 11.2. The Kier molecular flexibility index (Phi) is 2.53. The molecule has 0 spiro atoms. The van der Waals surface area contributed by atoms with E-state index in [4.69, 9.17) is 11.6 Å². The number of aromatic nitrogens is 3. The third kappa shape index (κ3) is 1.73. The Balaban J connectivity index is 2.69. The Morgan fingerprint density at radius 2 is 2.06 bits per heavy atom. The lowest BCUT2D eigenvalue weighted by atomic mass is 10.2. The van der Waals surface area contributed by atoms with Gasteiger partial charge in [0, 0.05) is 6.54 Å². The molecule has 0 N–H and O–H groups in total. The van der Waals surface area contributed by atoms with Gasteiger partial charge in [0.25, 0.3) is 0 Å². The summed E-state index contributed by atoms with van der Waals surface area (Å²) in [5, 5.41) is 7.04. The van der Waals surface area contributed by atoms with Gasteiger partial charge in [-0.1, -0.05) is 16.8 Å². The maximum atomic E-state index is 12.5. The van der Waals surface area contributed by atoms with Gasteiger partial charge >= 0.3 is 6.18 Å². The molecule has 1 aromatic carbocycles. The Morgan fingerprint density at radius 3 is 2.62 bits per heavy atom. The van der Waals surface area contributed by atoms with Crippen LogP contribution in [0.2, 0.25) is 5.02 Å². The van der Waals surface area contributed by atoms with Crippen LogP contribution < -0.4 is 0 Å². The zero-order valence-electron chi connectivity index (χ0n) is 8.22. The van der Waals surface area contributed by atoms with Crippen LogP contribution in [0.15, 0.2) is 12.1 Å². The second kappa shape index (κ2) is 3.62. The van der Waals surface area contributed by atoms with Crippen molar-refractivity contribution < 1.29 is 13.2 Å². The minimum atomic E-state index is -4.47. The van der Waals surface area contributed by atoms with E-state index in [1.165, 1.54) is 10.7 Å². The van der Waals surface area contributed by atoms with Gasteiger partial charge in [-0.05, 0) is 19.1 Å². The third-order valence-corrected chi connectivity index (χ3v) is 2.52. The molecule has 0 aliphatic carbocycles. The van der Waals surface area contributed by atoms with Crippen LogP contribution in [0.3, 0.4) is 0 Å². The molecule has 1 aromatic heterocycles. The molecule has 0 atom stereocenters. The molecule has 0 fully saturated rings. The van der Waals surface area contributed by atoms with Crippen molar-refractivity contribution in [3.05, 3.63) is 22.7 Å². The smallest absolute Gasteiger partial charge is 0.245 e. The van der Waals surface area contributed by atoms with Crippen molar-refractivity contribution in [1.82, 2.24) is 15.0 Å². The normalized spacial score (nSPS) is 12.3. The molecule has 16 heavy (non-hydrogen) atoms. The topological polar surface area (TPSA) is 30.7 Å². The Labute approximate surface area is 93.8 Å². The quantitative estimate of drug-likeness (QED) is 0.777. The maximum absolute atomic E-state index is 12.5. The van der Waals surface area contributed by atoms with Crippen molar-refractivity contribution in [3.8, 4) is 0 Å². The van der Waals surface area contributed by atoms with E-state index in [0.717, 1.165) is 6.07 Å². The van der Waals surface area contributed by atoms with Crippen LogP contribution in [0.5, 0.6) is 0 Å². The van der Waals surface area contributed by atoms with E-state index in [0.29, 0.717) is 12.1 Å². The monoisotopic (exact) mass is 249 g/mol. The summed E-state index contributed by atoms with van der Waals surface area (Å²) in [6.07, 6.45) is -4.47. The van der Waals surface area contributed by atoms with Crippen molar-refractivity contribution in [2.24, 2.45) is 0 Å². The molecular weight excluding hydrogens is 243 g/mol. The summed E-state index contributed by atoms with van der Waals surface area (Å²) >= 11 is 5.58. The number of hydrogen-bond acceptors (Lipinski definition) is 2. The van der Waals surface area contributed by atoms with E-state index in [1.54, 1.807) is 0 Å². The van der Waals surface area contributed by atoms with Crippen LogP contribution in [0.25, 0.3) is 11.0 Å². The molecule has 2 aromatic rings. The van der Waals surface area contributed by atoms with Crippen molar-refractivity contribution in [2.75, 3.05) is 0 Å². The summed E-state index contributed by atoms with van der Waals surface area (Å²) < 4.78 is 39.1. The summed E-state index contributed by atoms with van der Waals surface area (Å²) in [5.41, 5.74) is -0.191. The molecule has 0 bridgehead atoms. The van der Waals surface area contributed by atoms with Crippen LogP contribution in [0.1, 0.15) is 12.5 Å². The Bertz CT molecular complexity index is 533. The number of fused-ring (bicyclic) bond motifs is 1. The Morgan fingerprint density at radius 1 is 1.38 bits per heavy atom. The van der Waals surface area contributed by atoms with Gasteiger partial charge in [-0.3, -0.25) is 0 Å². The number of alkyl halides is 3. The van der Waals surface area contributed by atoms with Crippen LogP contribution in [-0.4, -0.2) is 15.0 Å². The van der Waals surface area contributed by atoms with Crippen molar-refractivity contribution in [3.63, 3.8) is 0 Å². The molecule has 0 aliphatic heterocycles. The fraction of sp³-hybridized carbons (Fsp3) is 0.333. The lowest BCUT2D eigenvalue weighted by Crippen LogP contribution is -2.06. The summed E-state index contributed by atoms with van der Waals surface area (Å²) in [5.74, 6) is 0. The van der Waals surface area contributed by atoms with Crippen molar-refractivity contribution in [1.29, 1.82) is 0 Å². The molecule has 0 unspecified atom stereocenters. The van der Waals surface area contributed by atoms with E-state index < -0.39 is 11.7 Å². The van der Waals surface area contributed by atoms with Gasteiger partial charge in [-0.25, -0.2) is 4.68 Å². The standard InChI is InChI=1S/C9H7ClF3N3/c1-2-16-8-4-6(10)5(9(11,12)13)3-7(8)14-15-16/h3-4H,2H2,1H3. The van der Waals surface area contributed by atoms with Gasteiger partial charge < -0.3 is 0 Å². The largest absolute Gasteiger partial charge is 0.417 e. The van der Waals surface area contributed by atoms with Crippen LogP contribution in [0.4, 0.5) is 13.2 Å². The first-order valence-corrected chi connectivity index (χ1v) is 4.91. The second-order valence-electron chi connectivity index (χ2n) is 3.22. The molecule has 0 amide bonds. The van der Waals surface area contributed by atoms with Crippen LogP contribution in [0, 0.1) is 0 Å². The number of benzene rings is 1. The van der Waals surface area contributed by atoms with Crippen molar-refractivity contribution >= 4 is 22.6 Å². The van der Waals surface area contributed by atoms with Gasteiger partial charge in [0.2, 0.25) is 0 Å². The number of aryl methyl sites for hydroxylation is 1. The molecule has 2 rings (SSSR count). The highest BCUT2D eigenvalue weighted by atomic mass is 35.5. The molecule has 86 valence electrons. The summed E-state index contributed by atoms with van der Waals surface area (Å²) in [6.45, 7) is 2.35. The fourth-order valence-electron chi connectivity index (χ4n) is 1.44. The van der Waals surface area contributed by atoms with Crippen LogP contribution in [-0.2, 0) is 12.7 Å². The molecule has 0 aliphatic rings. The zero-order chi connectivity index (χ0) is 11.9. The first-order valence-electron chi connectivity index (χ1n) is 4.53. The van der Waals surface area contributed by atoms with E-state index in [-0.39, 0.29) is 10.5 Å². The van der Waals surface area contributed by atoms with Gasteiger partial charge in [-0.15, -0.1) is 5.10 Å². The van der Waals surface area contributed by atoms with E-state index in [2.05, 4.69) is 10.3 Å². The molecule has 0 saturated carbocycles. The molecule has 0 radical (unpaired) electrons. The summed E-state index contributed by atoms with van der Waals surface area (Å²) in [4.78, 5) is 0. The number of nitrogens with zero attached hydrogens (tertiary/aromatic N) is 3. The third-order valence-electron chi connectivity index (χ3n) is 2.21. The summed E-state index contributed by atoms with van der Waals surface area (Å²) in [7, 11) is 0. The molecule has 7 heteroatoms. The molecule has 1 heterocycles. The molecule has 3 nitrogen and oxygen atoms in total. The SMILES string of the molecule is CCn1nnc2cc(C(F)(F)F)c(Cl)cc21. The lowest BCUT2D eigenvalue weighted by Gasteiger charge is -2.08. The maximum Gasteiger partial charge on any atom is 0.417 e. The minimum Gasteiger partial charge on any atom is -0.245 e. The van der Waals surface area contributed by atoms with E-state index >= 15 is 0 Å². The number of rotatable bonds is 1. The predicted molar refractivity (Wildman–Crippen MR) is 53.2 cm³/mol. The van der Waals surface area contributed by atoms with Crippen LogP contribution >= 0.6 is 11.6 Å². The number of halogens is 4. The summed E-state index contributed by atoms with van der Waals surface area (Å²) in [6, 6.07) is 2.15. The highest BCUT2D eigenvalue weighted by Gasteiger charge is 2.34. The second-order valence-corrected chi connectivity index (χ2v) is 3.63. The Hall–Kier alpha value is -1.30. The van der Waals surface area contributed by atoms with Gasteiger partial charge in [0.15, 0.2) is 0 Å². The highest BCUT2D eigenvalue weighted by Crippen LogP contribution is 2.36. The number of hydrogen-bond donors (Lipinski definition) is 0. The highest BCUT2D eigenvalue weighted by molar-refractivity contribution is 6.32. The minimum absolute atomic E-state index is 0.193. The molecule has 0 saturated heterocycles. The van der Waals surface area contributed by atoms with Crippen molar-refractivity contribution in [2.45, 2.75) is 19.6 Å². The zero-order valence-corrected chi connectivity index (χ0v) is 8.97. The van der Waals surface area contributed by atoms with Gasteiger partial charge in [0.1, 0.15) is 5.52 Å². The first-order chi connectivity index (χ1) is 7.43. The predicted octanol–water partition coefficient (Wildman–Crippen LogP) is 3.12. The van der Waals surface area contributed by atoms with E-state index in [1.807, 2.05) is 6.92 Å². The average molecular weight is 250 g/mol. The van der Waals surface area contributed by atoms with Gasteiger partial charge in [0.05, 0.1) is 16.1 Å². The molecular formula is C9H7ClF3N3.